The van der Waals surface area contributed by atoms with Gasteiger partial charge in [-0.1, -0.05) is 30.8 Å². The van der Waals surface area contributed by atoms with Crippen molar-refractivity contribution in [2.45, 2.75) is 25.8 Å². The van der Waals surface area contributed by atoms with E-state index in [4.69, 9.17) is 4.74 Å². The average molecular weight is 322 g/mol. The van der Waals surface area contributed by atoms with Crippen molar-refractivity contribution in [1.82, 2.24) is 10.2 Å². The fraction of sp³-hybridized carbons (Fsp3) is 0.500. The van der Waals surface area contributed by atoms with Crippen molar-refractivity contribution >= 4 is 22.9 Å². The third-order valence-corrected chi connectivity index (χ3v) is 4.61. The first kappa shape index (κ1) is 16.7. The van der Waals surface area contributed by atoms with Crippen molar-refractivity contribution < 1.29 is 14.3 Å². The fourth-order valence-electron chi connectivity index (χ4n) is 2.39. The molecular weight excluding hydrogens is 300 g/mol. The van der Waals surface area contributed by atoms with Gasteiger partial charge in [-0.25, -0.2) is 0 Å². The highest BCUT2D eigenvalue weighted by atomic mass is 32.2. The Morgan fingerprint density at radius 3 is 2.68 bits per heavy atom. The minimum atomic E-state index is -0.0210. The van der Waals surface area contributed by atoms with Crippen LogP contribution in [0.25, 0.3) is 0 Å². The van der Waals surface area contributed by atoms with Gasteiger partial charge >= 0.3 is 0 Å². The van der Waals surface area contributed by atoms with Crippen LogP contribution < -0.4 is 10.1 Å². The lowest BCUT2D eigenvalue weighted by atomic mass is 10.0. The van der Waals surface area contributed by atoms with Gasteiger partial charge in [-0.05, 0) is 24.1 Å². The van der Waals surface area contributed by atoms with E-state index in [9.17, 15) is 9.59 Å². The fourth-order valence-corrected chi connectivity index (χ4v) is 3.24. The topological polar surface area (TPSA) is 58.6 Å². The Morgan fingerprint density at radius 1 is 1.41 bits per heavy atom. The number of methoxy groups -OCH3 is 1. The van der Waals surface area contributed by atoms with Crippen molar-refractivity contribution in [3.05, 3.63) is 29.8 Å². The summed E-state index contributed by atoms with van der Waals surface area (Å²) in [5.41, 5.74) is 1.06. The zero-order chi connectivity index (χ0) is 15.9. The number of carbonyl (C=O) groups is 2. The van der Waals surface area contributed by atoms with Gasteiger partial charge in [-0.3, -0.25) is 9.59 Å². The Labute approximate surface area is 135 Å². The number of thioether (sulfide) groups is 1. The molecule has 0 unspecified atom stereocenters. The minimum Gasteiger partial charge on any atom is -0.497 e. The van der Waals surface area contributed by atoms with E-state index < -0.39 is 0 Å². The molecule has 1 aromatic rings. The Bertz CT molecular complexity index is 519. The number of hydrogen-bond donors (Lipinski definition) is 1. The maximum atomic E-state index is 12.1. The second-order valence-electron chi connectivity index (χ2n) is 5.15. The molecule has 6 heteroatoms. The van der Waals surface area contributed by atoms with E-state index in [2.05, 4.69) is 5.32 Å². The Morgan fingerprint density at radius 2 is 2.14 bits per heavy atom. The van der Waals surface area contributed by atoms with Gasteiger partial charge in [0.15, 0.2) is 0 Å². The van der Waals surface area contributed by atoms with Gasteiger partial charge in [-0.2, -0.15) is 0 Å². The molecule has 1 saturated heterocycles. The van der Waals surface area contributed by atoms with Gasteiger partial charge in [0.25, 0.3) is 5.24 Å². The number of rotatable bonds is 7. The molecule has 1 aromatic carbocycles. The maximum absolute atomic E-state index is 12.1. The highest BCUT2D eigenvalue weighted by Crippen LogP contribution is 2.21. The van der Waals surface area contributed by atoms with E-state index in [0.717, 1.165) is 30.0 Å². The summed E-state index contributed by atoms with van der Waals surface area (Å²) in [5.74, 6) is 1.60. The van der Waals surface area contributed by atoms with Crippen LogP contribution in [0.2, 0.25) is 0 Å². The molecule has 1 fully saturated rings. The number of ether oxygens (including phenoxy) is 1. The predicted octanol–water partition coefficient (Wildman–Crippen LogP) is 2.82. The number of amides is 2. The van der Waals surface area contributed by atoms with Crippen LogP contribution in [0.4, 0.5) is 4.79 Å². The molecule has 1 aliphatic heterocycles. The van der Waals surface area contributed by atoms with E-state index >= 15 is 0 Å². The first-order valence-electron chi connectivity index (χ1n) is 7.49. The van der Waals surface area contributed by atoms with Crippen LogP contribution in [0, 0.1) is 0 Å². The lowest BCUT2D eigenvalue weighted by Gasteiger charge is -2.19. The molecule has 1 N–H and O–H groups in total. The lowest BCUT2D eigenvalue weighted by molar-refractivity contribution is -0.122. The first-order chi connectivity index (χ1) is 10.6. The summed E-state index contributed by atoms with van der Waals surface area (Å²) in [6.45, 7) is 3.28. The third kappa shape index (κ3) is 4.40. The summed E-state index contributed by atoms with van der Waals surface area (Å²) in [7, 11) is 1.63. The Balaban J connectivity index is 1.85. The molecule has 0 saturated carbocycles. The van der Waals surface area contributed by atoms with Gasteiger partial charge in [0.2, 0.25) is 5.91 Å². The van der Waals surface area contributed by atoms with Crippen molar-refractivity contribution in [2.75, 3.05) is 26.0 Å². The minimum absolute atomic E-state index is 0.0120. The molecule has 120 valence electrons. The van der Waals surface area contributed by atoms with E-state index in [0.29, 0.717) is 13.0 Å². The summed E-state index contributed by atoms with van der Waals surface area (Å²) in [6, 6.07) is 7.71. The second-order valence-corrected chi connectivity index (χ2v) is 6.20. The second kappa shape index (κ2) is 8.08. The smallest absolute Gasteiger partial charge is 0.281 e. The van der Waals surface area contributed by atoms with Crippen LogP contribution >= 0.6 is 11.8 Å². The van der Waals surface area contributed by atoms with E-state index in [1.807, 2.05) is 31.2 Å². The van der Waals surface area contributed by atoms with Crippen LogP contribution in [0.5, 0.6) is 5.75 Å². The zero-order valence-corrected chi connectivity index (χ0v) is 13.8. The summed E-state index contributed by atoms with van der Waals surface area (Å²) in [6.07, 6.45) is 1.16. The number of nitrogens with zero attached hydrogens (tertiary/aromatic N) is 1. The standard InChI is InChI=1S/C16H22N2O3S/c1-3-14(12-4-6-13(21-2)7-5-12)17-15(19)8-9-18-10-11-22-16(18)20/h4-7,14H,3,8-11H2,1-2H3,(H,17,19)/t14-/m0/s1. The van der Waals surface area contributed by atoms with Gasteiger partial charge < -0.3 is 15.0 Å². The molecule has 22 heavy (non-hydrogen) atoms. The normalized spacial score (nSPS) is 15.7. The molecule has 0 bridgehead atoms. The lowest BCUT2D eigenvalue weighted by Crippen LogP contribution is -2.33. The summed E-state index contributed by atoms with van der Waals surface area (Å²) >= 11 is 1.32. The van der Waals surface area contributed by atoms with Gasteiger partial charge in [-0.15, -0.1) is 0 Å². The largest absolute Gasteiger partial charge is 0.497 e. The van der Waals surface area contributed by atoms with Gasteiger partial charge in [0.05, 0.1) is 13.2 Å². The van der Waals surface area contributed by atoms with Crippen LogP contribution in [0.15, 0.2) is 24.3 Å². The van der Waals surface area contributed by atoms with Crippen LogP contribution in [-0.4, -0.2) is 42.0 Å². The molecule has 1 aliphatic rings. The molecule has 5 nitrogen and oxygen atoms in total. The van der Waals surface area contributed by atoms with Crippen molar-refractivity contribution in [2.24, 2.45) is 0 Å². The molecule has 1 atom stereocenters. The number of nitrogens with one attached hydrogen (secondary N) is 1. The van der Waals surface area contributed by atoms with Crippen LogP contribution in [0.3, 0.4) is 0 Å². The first-order valence-corrected chi connectivity index (χ1v) is 8.47. The number of carbonyl (C=O) groups excluding carboxylic acids is 2. The highest BCUT2D eigenvalue weighted by molar-refractivity contribution is 8.13. The molecular formula is C16H22N2O3S. The van der Waals surface area contributed by atoms with Gasteiger partial charge in [0.1, 0.15) is 5.75 Å². The summed E-state index contributed by atoms with van der Waals surface area (Å²) in [4.78, 5) is 25.3. The quantitative estimate of drug-likeness (QED) is 0.838. The Kier molecular flexibility index (Phi) is 6.12. The molecule has 0 radical (unpaired) electrons. The molecule has 2 rings (SSSR count). The molecule has 0 aromatic heterocycles. The summed E-state index contributed by atoms with van der Waals surface area (Å²) in [5, 5.41) is 3.11. The van der Waals surface area contributed by atoms with Crippen molar-refractivity contribution in [1.29, 1.82) is 0 Å². The molecule has 0 spiro atoms. The predicted molar refractivity (Wildman–Crippen MR) is 88.2 cm³/mol. The Hall–Kier alpha value is -1.69. The molecule has 0 aliphatic carbocycles. The SMILES string of the molecule is CC[C@H](NC(=O)CCN1CCSC1=O)c1ccc(OC)cc1. The highest BCUT2D eigenvalue weighted by Gasteiger charge is 2.22. The van der Waals surface area contributed by atoms with Crippen molar-refractivity contribution in [3.8, 4) is 5.75 Å². The third-order valence-electron chi connectivity index (χ3n) is 3.72. The van der Waals surface area contributed by atoms with Crippen molar-refractivity contribution in [3.63, 3.8) is 0 Å². The van der Waals surface area contributed by atoms with E-state index in [1.54, 1.807) is 12.0 Å². The van der Waals surface area contributed by atoms with Crippen LogP contribution in [0.1, 0.15) is 31.4 Å². The molecule has 1 heterocycles. The average Bonchev–Trinajstić information content (AvgIpc) is 2.96. The van der Waals surface area contributed by atoms with E-state index in [1.165, 1.54) is 11.8 Å². The number of hydrogen-bond acceptors (Lipinski definition) is 4. The molecule has 2 amide bonds. The van der Waals surface area contributed by atoms with E-state index in [-0.39, 0.29) is 17.2 Å². The number of benzene rings is 1. The van der Waals surface area contributed by atoms with Crippen LogP contribution in [-0.2, 0) is 4.79 Å². The maximum Gasteiger partial charge on any atom is 0.281 e. The van der Waals surface area contributed by atoms with Gasteiger partial charge in [0, 0.05) is 25.3 Å². The monoisotopic (exact) mass is 322 g/mol. The zero-order valence-electron chi connectivity index (χ0n) is 13.0. The summed E-state index contributed by atoms with van der Waals surface area (Å²) < 4.78 is 5.14.